The number of carbonyl (C=O) groups excluding carboxylic acids is 1. The summed E-state index contributed by atoms with van der Waals surface area (Å²) in [4.78, 5) is 24.5. The monoisotopic (exact) mass is 581 g/mol. The number of ether oxygens (including phenoxy) is 3. The Morgan fingerprint density at radius 3 is 2.67 bits per heavy atom. The molecule has 7 atom stereocenters. The minimum Gasteiger partial charge on any atom is -1.00 e. The van der Waals surface area contributed by atoms with Crippen LogP contribution in [0.25, 0.3) is 0 Å². The van der Waals surface area contributed by atoms with Gasteiger partial charge in [0.15, 0.2) is 11.6 Å². The minimum atomic E-state index is -0.782. The van der Waals surface area contributed by atoms with Crippen molar-refractivity contribution >= 4 is 17.9 Å². The van der Waals surface area contributed by atoms with E-state index in [9.17, 15) is 9.59 Å². The maximum absolute atomic E-state index is 13.8. The van der Waals surface area contributed by atoms with Gasteiger partial charge < -0.3 is 31.7 Å². The summed E-state index contributed by atoms with van der Waals surface area (Å²) < 4.78 is 21.8. The van der Waals surface area contributed by atoms with Crippen LogP contribution < -0.4 is 23.0 Å². The Bertz CT molecular complexity index is 975. The molecule has 0 aromatic heterocycles. The van der Waals surface area contributed by atoms with Crippen LogP contribution in [0.5, 0.6) is 0 Å². The van der Waals surface area contributed by atoms with E-state index in [-0.39, 0.29) is 49.0 Å². The SMILES string of the molecule is CC[C@H]1C=CCC[C@@]2(C[C@@H]3CC[C@@H]4[C@H](C(=O)OCCCCCCCC(=O)O)[C@]5(CCC[C@@H](C)O5)NC(=[N+]34)N2)O1.[Cl-]. The van der Waals surface area contributed by atoms with E-state index in [0.717, 1.165) is 89.4 Å². The number of rotatable bonds is 10. The molecule has 0 aromatic rings. The summed E-state index contributed by atoms with van der Waals surface area (Å²) in [7, 11) is 0. The van der Waals surface area contributed by atoms with E-state index in [1.807, 2.05) is 0 Å². The van der Waals surface area contributed by atoms with Gasteiger partial charge in [-0.1, -0.05) is 38.3 Å². The number of allylic oxidation sites excluding steroid dienone is 1. The highest BCUT2D eigenvalue weighted by atomic mass is 35.5. The molecule has 0 aliphatic carbocycles. The standard InChI is InChI=1S/C30H47N3O6.ClH/c1-3-23-13-8-9-17-29(39-23)20-22-15-16-24-26(27(36)37-19-10-6-4-5-7-14-25(34)35)30(18-11-12-21(2)38-30)32-28(31-29)33(22)24;/h8,13,21-24,26H,3-7,9-12,14-20H2,1-2H3,(H2,31,32,34,35);1H/t21-,22+,23+,24-,26-,29+,30-;/m1./s1. The third kappa shape index (κ3) is 6.62. The van der Waals surface area contributed by atoms with Crippen LogP contribution in [0.3, 0.4) is 0 Å². The molecular weight excluding hydrogens is 534 g/mol. The number of guanidine groups is 1. The van der Waals surface area contributed by atoms with Crippen molar-refractivity contribution in [3.63, 3.8) is 0 Å². The van der Waals surface area contributed by atoms with Crippen LogP contribution in [-0.2, 0) is 23.8 Å². The smallest absolute Gasteiger partial charge is 0.350 e. The molecule has 5 rings (SSSR count). The van der Waals surface area contributed by atoms with Gasteiger partial charge in [-0.3, -0.25) is 14.2 Å². The van der Waals surface area contributed by atoms with Gasteiger partial charge in [-0.25, -0.2) is 10.6 Å². The molecule has 3 N–H and O–H groups in total. The van der Waals surface area contributed by atoms with E-state index in [1.165, 1.54) is 0 Å². The highest BCUT2D eigenvalue weighted by Gasteiger charge is 2.64. The number of nitrogens with zero attached hydrogens (tertiary/aromatic N) is 1. The number of halogens is 1. The predicted molar refractivity (Wildman–Crippen MR) is 146 cm³/mol. The molecule has 226 valence electrons. The molecule has 2 saturated heterocycles. The van der Waals surface area contributed by atoms with E-state index in [1.54, 1.807) is 0 Å². The van der Waals surface area contributed by atoms with Crippen molar-refractivity contribution in [1.29, 1.82) is 0 Å². The lowest BCUT2D eigenvalue weighted by Crippen LogP contribution is -3.00. The Kier molecular flexibility index (Phi) is 10.4. The molecule has 40 heavy (non-hydrogen) atoms. The van der Waals surface area contributed by atoms with Crippen LogP contribution in [0.2, 0.25) is 0 Å². The number of nitrogens with one attached hydrogen (secondary N) is 2. The van der Waals surface area contributed by atoms with Gasteiger partial charge in [0.1, 0.15) is 0 Å². The minimum absolute atomic E-state index is 0. The Morgan fingerprint density at radius 2 is 1.90 bits per heavy atom. The van der Waals surface area contributed by atoms with Crippen LogP contribution in [0.1, 0.15) is 110 Å². The Hall–Kier alpha value is -1.84. The van der Waals surface area contributed by atoms with Crippen molar-refractivity contribution in [3.8, 4) is 0 Å². The van der Waals surface area contributed by atoms with Gasteiger partial charge in [0.25, 0.3) is 0 Å². The predicted octanol–water partition coefficient (Wildman–Crippen LogP) is 1.20. The first-order chi connectivity index (χ1) is 18.8. The number of carboxylic acids is 1. The van der Waals surface area contributed by atoms with Crippen molar-refractivity contribution in [2.24, 2.45) is 5.92 Å². The lowest BCUT2D eigenvalue weighted by Gasteiger charge is -2.50. The van der Waals surface area contributed by atoms with Crippen LogP contribution in [0.15, 0.2) is 12.2 Å². The average molecular weight is 582 g/mol. The Morgan fingerprint density at radius 1 is 1.10 bits per heavy atom. The molecule has 0 saturated carbocycles. The average Bonchev–Trinajstić information content (AvgIpc) is 3.19. The zero-order valence-electron chi connectivity index (χ0n) is 24.2. The number of hydrogen-bond acceptors (Lipinski definition) is 7. The van der Waals surface area contributed by atoms with Crippen molar-refractivity contribution in [2.45, 2.75) is 146 Å². The summed E-state index contributed by atoms with van der Waals surface area (Å²) >= 11 is 0. The van der Waals surface area contributed by atoms with Gasteiger partial charge >= 0.3 is 17.9 Å². The lowest BCUT2D eigenvalue weighted by atomic mass is 9.80. The second-order valence-corrected chi connectivity index (χ2v) is 12.3. The molecule has 2 spiro atoms. The summed E-state index contributed by atoms with van der Waals surface area (Å²) in [5, 5.41) is 16.3. The largest absolute Gasteiger partial charge is 1.00 e. The summed E-state index contributed by atoms with van der Waals surface area (Å²) in [6, 6.07) is 0.351. The van der Waals surface area contributed by atoms with Gasteiger partial charge in [-0.2, -0.15) is 0 Å². The maximum Gasteiger partial charge on any atom is 0.350 e. The highest BCUT2D eigenvalue weighted by Crippen LogP contribution is 2.45. The molecule has 10 heteroatoms. The maximum atomic E-state index is 13.8. The lowest BCUT2D eigenvalue weighted by molar-refractivity contribution is -0.609. The second-order valence-electron chi connectivity index (χ2n) is 12.3. The second kappa shape index (κ2) is 13.4. The van der Waals surface area contributed by atoms with E-state index in [0.29, 0.717) is 19.1 Å². The number of aliphatic carboxylic acids is 1. The molecule has 5 heterocycles. The third-order valence-electron chi connectivity index (χ3n) is 9.38. The van der Waals surface area contributed by atoms with Gasteiger partial charge in [0.05, 0.1) is 30.9 Å². The quantitative estimate of drug-likeness (QED) is 0.153. The fourth-order valence-corrected chi connectivity index (χ4v) is 7.57. The molecule has 0 amide bonds. The van der Waals surface area contributed by atoms with Crippen molar-refractivity contribution in [1.82, 2.24) is 10.6 Å². The molecule has 5 aliphatic heterocycles. The highest BCUT2D eigenvalue weighted by molar-refractivity contribution is 5.82. The van der Waals surface area contributed by atoms with E-state index < -0.39 is 17.4 Å². The zero-order chi connectivity index (χ0) is 27.5. The van der Waals surface area contributed by atoms with Gasteiger partial charge in [-0.05, 0) is 58.3 Å². The van der Waals surface area contributed by atoms with Crippen molar-refractivity contribution in [2.75, 3.05) is 6.61 Å². The first kappa shape index (κ1) is 31.1. The van der Waals surface area contributed by atoms with E-state index >= 15 is 0 Å². The van der Waals surface area contributed by atoms with E-state index in [4.69, 9.17) is 19.3 Å². The molecule has 9 nitrogen and oxygen atoms in total. The number of hydrogen-bond donors (Lipinski definition) is 3. The molecule has 2 fully saturated rings. The van der Waals surface area contributed by atoms with Crippen LogP contribution in [0, 0.1) is 5.92 Å². The summed E-state index contributed by atoms with van der Waals surface area (Å²) in [5.74, 6) is -0.324. The Balaban J connectivity index is 0.00000370. The van der Waals surface area contributed by atoms with E-state index in [2.05, 4.69) is 41.2 Å². The fraction of sp³-hybridized carbons (Fsp3) is 0.833. The normalized spacial score (nSPS) is 36.3. The van der Waals surface area contributed by atoms with Crippen LogP contribution in [-0.4, -0.2) is 69.9 Å². The molecule has 5 aliphatic rings. The molecule has 0 radical (unpaired) electrons. The fourth-order valence-electron chi connectivity index (χ4n) is 7.57. The van der Waals surface area contributed by atoms with Gasteiger partial charge in [0, 0.05) is 25.7 Å². The zero-order valence-corrected chi connectivity index (χ0v) is 24.9. The van der Waals surface area contributed by atoms with Crippen molar-refractivity contribution < 1.29 is 45.9 Å². The van der Waals surface area contributed by atoms with Crippen molar-refractivity contribution in [3.05, 3.63) is 12.2 Å². The molecule has 0 aromatic carbocycles. The topological polar surface area (TPSA) is 109 Å². The molecule has 0 unspecified atom stereocenters. The number of esters is 1. The first-order valence-corrected chi connectivity index (χ1v) is 15.5. The summed E-state index contributed by atoms with van der Waals surface area (Å²) in [6.07, 6.45) is 17.6. The van der Waals surface area contributed by atoms with Crippen LogP contribution in [0.4, 0.5) is 0 Å². The Labute approximate surface area is 244 Å². The first-order valence-electron chi connectivity index (χ1n) is 15.5. The number of carboxylic acid groups (broad SMARTS) is 1. The van der Waals surface area contributed by atoms with Gasteiger partial charge in [0.2, 0.25) is 5.72 Å². The van der Waals surface area contributed by atoms with Gasteiger partial charge in [-0.15, -0.1) is 0 Å². The third-order valence-corrected chi connectivity index (χ3v) is 9.38. The molecular formula is C30H48ClN3O6. The number of unbranched alkanes of at least 4 members (excludes halogenated alkanes) is 4. The summed E-state index contributed by atoms with van der Waals surface area (Å²) in [5.41, 5.74) is -1.20. The number of carbonyl (C=O) groups is 2. The molecule has 0 bridgehead atoms. The summed E-state index contributed by atoms with van der Waals surface area (Å²) in [6.45, 7) is 4.67. The van der Waals surface area contributed by atoms with Crippen LogP contribution >= 0.6 is 0 Å².